The van der Waals surface area contributed by atoms with Gasteiger partial charge in [-0.05, 0) is 44.4 Å². The van der Waals surface area contributed by atoms with Crippen LogP contribution in [0.25, 0.3) is 0 Å². The van der Waals surface area contributed by atoms with Crippen molar-refractivity contribution < 1.29 is 0 Å². The zero-order chi connectivity index (χ0) is 14.7. The van der Waals surface area contributed by atoms with Gasteiger partial charge in [0.25, 0.3) is 0 Å². The van der Waals surface area contributed by atoms with Crippen molar-refractivity contribution in [2.75, 3.05) is 5.32 Å². The average molecular weight is 282 g/mol. The second-order valence-corrected chi connectivity index (χ2v) is 5.91. The van der Waals surface area contributed by atoms with Crippen LogP contribution in [0, 0.1) is 6.92 Å². The highest BCUT2D eigenvalue weighted by molar-refractivity contribution is 5.31. The van der Waals surface area contributed by atoms with E-state index in [0.717, 1.165) is 5.69 Å². The highest BCUT2D eigenvalue weighted by atomic mass is 15.1. The largest absolute Gasteiger partial charge is 0.346 e. The number of hydrogen-bond donors (Lipinski definition) is 1. The number of hydrogen-bond acceptors (Lipinski definition) is 4. The van der Waals surface area contributed by atoms with Crippen LogP contribution >= 0.6 is 0 Å². The summed E-state index contributed by atoms with van der Waals surface area (Å²) in [5.74, 6) is 1.32. The maximum absolute atomic E-state index is 4.69. The lowest BCUT2D eigenvalue weighted by atomic mass is 10.0. The van der Waals surface area contributed by atoms with Gasteiger partial charge in [-0.3, -0.25) is 4.98 Å². The number of nitrogens with zero attached hydrogens (tertiary/aromatic N) is 3. The van der Waals surface area contributed by atoms with Crippen LogP contribution in [0.3, 0.4) is 0 Å². The second kappa shape index (κ2) is 6.20. The Balaban J connectivity index is 1.72. The molecule has 2 aromatic rings. The zero-order valence-electron chi connectivity index (χ0n) is 12.7. The Morgan fingerprint density at radius 2 is 1.95 bits per heavy atom. The van der Waals surface area contributed by atoms with Crippen LogP contribution in [0.4, 0.5) is 5.95 Å². The molecule has 0 saturated heterocycles. The lowest BCUT2D eigenvalue weighted by molar-refractivity contribution is 0.692. The minimum atomic E-state index is 0.101. The van der Waals surface area contributed by atoms with Gasteiger partial charge in [-0.1, -0.05) is 18.9 Å². The van der Waals surface area contributed by atoms with Crippen LogP contribution < -0.4 is 5.32 Å². The molecule has 0 amide bonds. The molecule has 110 valence electrons. The van der Waals surface area contributed by atoms with Crippen LogP contribution in [0.1, 0.15) is 61.5 Å². The summed E-state index contributed by atoms with van der Waals surface area (Å²) >= 11 is 0. The summed E-state index contributed by atoms with van der Waals surface area (Å²) in [5, 5.41) is 3.36. The van der Waals surface area contributed by atoms with Crippen LogP contribution in [-0.2, 0) is 0 Å². The van der Waals surface area contributed by atoms with Crippen LogP contribution in [0.15, 0.2) is 30.6 Å². The van der Waals surface area contributed by atoms with Crippen molar-refractivity contribution >= 4 is 5.95 Å². The molecule has 3 rings (SSSR count). The zero-order valence-corrected chi connectivity index (χ0v) is 12.7. The van der Waals surface area contributed by atoms with E-state index in [1.54, 1.807) is 0 Å². The summed E-state index contributed by atoms with van der Waals surface area (Å²) in [4.78, 5) is 13.5. The minimum absolute atomic E-state index is 0.101. The smallest absolute Gasteiger partial charge is 0.223 e. The van der Waals surface area contributed by atoms with Crippen molar-refractivity contribution in [3.8, 4) is 0 Å². The van der Waals surface area contributed by atoms with Gasteiger partial charge < -0.3 is 5.32 Å². The van der Waals surface area contributed by atoms with E-state index in [4.69, 9.17) is 0 Å². The summed E-state index contributed by atoms with van der Waals surface area (Å²) in [6, 6.07) is 6.28. The fourth-order valence-corrected chi connectivity index (χ4v) is 2.89. The molecule has 21 heavy (non-hydrogen) atoms. The van der Waals surface area contributed by atoms with E-state index >= 15 is 0 Å². The van der Waals surface area contributed by atoms with E-state index in [1.807, 2.05) is 25.4 Å². The predicted octanol–water partition coefficient (Wildman–Crippen LogP) is 4.01. The summed E-state index contributed by atoms with van der Waals surface area (Å²) in [5.41, 5.74) is 3.36. The first kappa shape index (κ1) is 14.0. The molecule has 0 aliphatic heterocycles. The van der Waals surface area contributed by atoms with Gasteiger partial charge in [-0.15, -0.1) is 0 Å². The molecule has 1 aliphatic carbocycles. The monoisotopic (exact) mass is 282 g/mol. The van der Waals surface area contributed by atoms with Gasteiger partial charge in [-0.2, -0.15) is 0 Å². The normalized spacial score (nSPS) is 16.9. The maximum Gasteiger partial charge on any atom is 0.223 e. The lowest BCUT2D eigenvalue weighted by Gasteiger charge is -2.15. The third kappa shape index (κ3) is 3.38. The molecule has 0 aromatic carbocycles. The molecule has 4 heteroatoms. The first-order chi connectivity index (χ1) is 10.2. The molecule has 1 saturated carbocycles. The van der Waals surface area contributed by atoms with E-state index in [1.165, 1.54) is 36.9 Å². The average Bonchev–Trinajstić information content (AvgIpc) is 3.02. The Bertz CT molecular complexity index is 588. The molecule has 1 aliphatic rings. The summed E-state index contributed by atoms with van der Waals surface area (Å²) in [6.07, 6.45) is 8.90. The molecule has 0 radical (unpaired) electrons. The number of anilines is 1. The van der Waals surface area contributed by atoms with E-state index in [2.05, 4.69) is 39.3 Å². The summed E-state index contributed by atoms with van der Waals surface area (Å²) in [6.45, 7) is 4.13. The summed E-state index contributed by atoms with van der Waals surface area (Å²) < 4.78 is 0. The Hall–Kier alpha value is -1.97. The first-order valence-corrected chi connectivity index (χ1v) is 7.74. The molecule has 2 aromatic heterocycles. The van der Waals surface area contributed by atoms with Crippen LogP contribution in [0.2, 0.25) is 0 Å². The molecule has 0 unspecified atom stereocenters. The van der Waals surface area contributed by atoms with Crippen molar-refractivity contribution in [1.29, 1.82) is 0 Å². The van der Waals surface area contributed by atoms with Crippen LogP contribution in [0.5, 0.6) is 0 Å². The van der Waals surface area contributed by atoms with Gasteiger partial charge in [0.05, 0.1) is 11.7 Å². The minimum Gasteiger partial charge on any atom is -0.346 e. The Labute approximate surface area is 126 Å². The Kier molecular flexibility index (Phi) is 4.13. The topological polar surface area (TPSA) is 50.7 Å². The Morgan fingerprint density at radius 3 is 2.67 bits per heavy atom. The fourth-order valence-electron chi connectivity index (χ4n) is 2.89. The SMILES string of the molecule is Cc1ccc([C@H](C)Nc2nccc(C3CCCC3)n2)nc1. The van der Waals surface area contributed by atoms with Gasteiger partial charge in [-0.25, -0.2) is 9.97 Å². The van der Waals surface area contributed by atoms with Crippen molar-refractivity contribution in [3.63, 3.8) is 0 Å². The van der Waals surface area contributed by atoms with Gasteiger partial charge >= 0.3 is 0 Å². The van der Waals surface area contributed by atoms with Gasteiger partial charge in [0.2, 0.25) is 5.95 Å². The molecule has 1 N–H and O–H groups in total. The van der Waals surface area contributed by atoms with E-state index in [9.17, 15) is 0 Å². The molecule has 0 spiro atoms. The maximum atomic E-state index is 4.69. The number of pyridine rings is 1. The third-order valence-corrected chi connectivity index (χ3v) is 4.17. The third-order valence-electron chi connectivity index (χ3n) is 4.17. The first-order valence-electron chi connectivity index (χ1n) is 7.74. The second-order valence-electron chi connectivity index (χ2n) is 5.91. The van der Waals surface area contributed by atoms with Crippen molar-refractivity contribution in [2.45, 2.75) is 51.5 Å². The highest BCUT2D eigenvalue weighted by Gasteiger charge is 2.19. The molecule has 0 bridgehead atoms. The summed E-state index contributed by atoms with van der Waals surface area (Å²) in [7, 11) is 0. The fraction of sp³-hybridized carbons (Fsp3) is 0.471. The molecular weight excluding hydrogens is 260 g/mol. The van der Waals surface area contributed by atoms with Crippen molar-refractivity contribution in [3.05, 3.63) is 47.5 Å². The van der Waals surface area contributed by atoms with Gasteiger partial charge in [0.1, 0.15) is 0 Å². The highest BCUT2D eigenvalue weighted by Crippen LogP contribution is 2.33. The van der Waals surface area contributed by atoms with Crippen molar-refractivity contribution in [1.82, 2.24) is 15.0 Å². The van der Waals surface area contributed by atoms with Gasteiger partial charge in [0, 0.05) is 24.0 Å². The van der Waals surface area contributed by atoms with Crippen LogP contribution in [-0.4, -0.2) is 15.0 Å². The van der Waals surface area contributed by atoms with E-state index < -0.39 is 0 Å². The van der Waals surface area contributed by atoms with Crippen molar-refractivity contribution in [2.24, 2.45) is 0 Å². The molecule has 4 nitrogen and oxygen atoms in total. The Morgan fingerprint density at radius 1 is 1.14 bits per heavy atom. The number of nitrogens with one attached hydrogen (secondary N) is 1. The number of aryl methyl sites for hydroxylation is 1. The van der Waals surface area contributed by atoms with E-state index in [-0.39, 0.29) is 6.04 Å². The van der Waals surface area contributed by atoms with E-state index in [0.29, 0.717) is 11.9 Å². The number of rotatable bonds is 4. The lowest BCUT2D eigenvalue weighted by Crippen LogP contribution is -2.12. The molecule has 2 heterocycles. The molecule has 1 fully saturated rings. The quantitative estimate of drug-likeness (QED) is 0.920. The predicted molar refractivity (Wildman–Crippen MR) is 84.3 cm³/mol. The standard InChI is InChI=1S/C17H22N4/c1-12-7-8-15(19-11-12)13(2)20-17-18-10-9-16(21-17)14-5-3-4-6-14/h7-11,13-14H,3-6H2,1-2H3,(H,18,20,21)/t13-/m0/s1. The molecule has 1 atom stereocenters. The number of aromatic nitrogens is 3. The van der Waals surface area contributed by atoms with Gasteiger partial charge in [0.15, 0.2) is 0 Å². The molecular formula is C17H22N4.